The van der Waals surface area contributed by atoms with Crippen LogP contribution in [0.4, 0.5) is 13.2 Å². The average Bonchev–Trinajstić information content (AvgIpc) is 2.54. The highest BCUT2D eigenvalue weighted by Gasteiger charge is 2.49. The van der Waals surface area contributed by atoms with Gasteiger partial charge in [-0.3, -0.25) is 4.79 Å². The monoisotopic (exact) mass is 356 g/mol. The predicted octanol–water partition coefficient (Wildman–Crippen LogP) is 3.78. The summed E-state index contributed by atoms with van der Waals surface area (Å²) in [5.41, 5.74) is -5.40. The fourth-order valence-corrected chi connectivity index (χ4v) is 2.20. The van der Waals surface area contributed by atoms with E-state index in [0.29, 0.717) is 6.08 Å². The van der Waals surface area contributed by atoms with E-state index >= 15 is 0 Å². The molecule has 2 aromatic rings. The van der Waals surface area contributed by atoms with Gasteiger partial charge in [0.05, 0.1) is 0 Å². The van der Waals surface area contributed by atoms with E-state index in [1.165, 1.54) is 36.4 Å². The number of rotatable bonds is 5. The van der Waals surface area contributed by atoms with Crippen LogP contribution in [0.5, 0.6) is 0 Å². The summed E-state index contributed by atoms with van der Waals surface area (Å²) in [4.78, 5) is 12.1. The van der Waals surface area contributed by atoms with Gasteiger partial charge in [0, 0.05) is 17.2 Å². The van der Waals surface area contributed by atoms with Crippen molar-refractivity contribution in [3.05, 3.63) is 77.9 Å². The van der Waals surface area contributed by atoms with E-state index in [4.69, 9.17) is 0 Å². The quantitative estimate of drug-likeness (QED) is 0.269. The van der Waals surface area contributed by atoms with Gasteiger partial charge >= 0.3 is 15.6 Å². The van der Waals surface area contributed by atoms with Gasteiger partial charge in [-0.05, 0) is 0 Å². The number of hydrogen-bond acceptors (Lipinski definition) is 4. The molecule has 4 nitrogen and oxygen atoms in total. The van der Waals surface area contributed by atoms with E-state index < -0.39 is 27.2 Å². The van der Waals surface area contributed by atoms with Gasteiger partial charge in [-0.2, -0.15) is 21.6 Å². The van der Waals surface area contributed by atoms with Crippen LogP contribution in [0, 0.1) is 0 Å². The topological polar surface area (TPSA) is 60.4 Å². The first kappa shape index (κ1) is 17.7. The van der Waals surface area contributed by atoms with Gasteiger partial charge in [0.25, 0.3) is 0 Å². The molecule has 0 N–H and O–H groups in total. The van der Waals surface area contributed by atoms with Crippen molar-refractivity contribution in [2.45, 2.75) is 5.51 Å². The molecular weight excluding hydrogens is 345 g/mol. The molecule has 0 atom stereocenters. The number of alkyl halides is 3. The summed E-state index contributed by atoms with van der Waals surface area (Å²) in [6.45, 7) is 0. The molecule has 0 saturated heterocycles. The zero-order valence-corrected chi connectivity index (χ0v) is 12.8. The maximum atomic E-state index is 12.5. The molecule has 0 aliphatic carbocycles. The summed E-state index contributed by atoms with van der Waals surface area (Å²) in [6.07, 6.45) is 0.716. The lowest BCUT2D eigenvalue weighted by molar-refractivity contribution is -0.0509. The fraction of sp³-hybridized carbons (Fsp3) is 0.0625. The normalized spacial score (nSPS) is 12.7. The summed E-state index contributed by atoms with van der Waals surface area (Å²) in [5.74, 6) is -1.39. The average molecular weight is 356 g/mol. The van der Waals surface area contributed by atoms with Gasteiger partial charge in [-0.25, -0.2) is 0 Å². The van der Waals surface area contributed by atoms with Crippen molar-refractivity contribution in [3.63, 3.8) is 0 Å². The Morgan fingerprint density at radius 1 is 0.875 bits per heavy atom. The Bertz CT molecular complexity index is 842. The molecule has 0 aromatic heterocycles. The third kappa shape index (κ3) is 4.23. The molecule has 0 aliphatic rings. The van der Waals surface area contributed by atoms with E-state index in [-0.39, 0.29) is 11.1 Å². The second-order valence-electron chi connectivity index (χ2n) is 4.59. The number of ketones is 1. The Hall–Kier alpha value is -2.61. The zero-order chi connectivity index (χ0) is 17.8. The molecule has 2 aromatic carbocycles. The summed E-state index contributed by atoms with van der Waals surface area (Å²) in [5, 5.41) is 0. The highest BCUT2D eigenvalue weighted by Crippen LogP contribution is 2.30. The van der Waals surface area contributed by atoms with Crippen molar-refractivity contribution in [3.8, 4) is 0 Å². The van der Waals surface area contributed by atoms with Crippen LogP contribution in [0.2, 0.25) is 0 Å². The molecule has 24 heavy (non-hydrogen) atoms. The van der Waals surface area contributed by atoms with Crippen LogP contribution in [-0.4, -0.2) is 19.7 Å². The Morgan fingerprint density at radius 2 is 1.33 bits per heavy atom. The second kappa shape index (κ2) is 6.88. The van der Waals surface area contributed by atoms with E-state index in [1.807, 2.05) is 0 Å². The number of hydrogen-bond donors (Lipinski definition) is 0. The van der Waals surface area contributed by atoms with Crippen LogP contribution in [0.25, 0.3) is 5.76 Å². The molecule has 2 rings (SSSR count). The van der Waals surface area contributed by atoms with Crippen LogP contribution in [0.15, 0.2) is 66.7 Å². The van der Waals surface area contributed by atoms with Gasteiger partial charge in [-0.15, -0.1) is 0 Å². The first-order valence-electron chi connectivity index (χ1n) is 6.58. The van der Waals surface area contributed by atoms with Crippen LogP contribution in [0.3, 0.4) is 0 Å². The van der Waals surface area contributed by atoms with Crippen molar-refractivity contribution < 1.29 is 30.6 Å². The molecule has 0 bridgehead atoms. The van der Waals surface area contributed by atoms with E-state index in [0.717, 1.165) is 0 Å². The standard InChI is InChI=1S/C16H11F3O4S/c17-16(18,19)24(21,22)23-15(13-9-5-2-6-10-13)11-14(20)12-7-3-1-4-8-12/h1-11H/b15-11-. The van der Waals surface area contributed by atoms with E-state index in [1.54, 1.807) is 24.3 Å². The van der Waals surface area contributed by atoms with Crippen LogP contribution in [-0.2, 0) is 14.3 Å². The van der Waals surface area contributed by atoms with Crippen molar-refractivity contribution in [2.75, 3.05) is 0 Å². The van der Waals surface area contributed by atoms with Crippen molar-refractivity contribution in [1.29, 1.82) is 0 Å². The van der Waals surface area contributed by atoms with E-state index in [2.05, 4.69) is 4.18 Å². The van der Waals surface area contributed by atoms with Crippen LogP contribution < -0.4 is 0 Å². The zero-order valence-electron chi connectivity index (χ0n) is 12.0. The lowest BCUT2D eigenvalue weighted by atomic mass is 10.1. The van der Waals surface area contributed by atoms with Crippen molar-refractivity contribution >= 4 is 21.7 Å². The lowest BCUT2D eigenvalue weighted by Crippen LogP contribution is -2.25. The highest BCUT2D eigenvalue weighted by atomic mass is 32.2. The SMILES string of the molecule is O=C(/C=C(\OS(=O)(=O)C(F)(F)F)c1ccccc1)c1ccccc1. The molecule has 0 spiro atoms. The molecule has 8 heteroatoms. The van der Waals surface area contributed by atoms with E-state index in [9.17, 15) is 26.4 Å². The first-order chi connectivity index (χ1) is 11.2. The second-order valence-corrected chi connectivity index (χ2v) is 6.13. The molecule has 126 valence electrons. The van der Waals surface area contributed by atoms with Gasteiger partial charge in [0.1, 0.15) is 0 Å². The third-order valence-corrected chi connectivity index (χ3v) is 3.83. The molecule has 0 fully saturated rings. The Labute approximate surface area is 136 Å². The molecule has 0 amide bonds. The van der Waals surface area contributed by atoms with Gasteiger partial charge in [0.2, 0.25) is 0 Å². The van der Waals surface area contributed by atoms with Gasteiger partial charge in [-0.1, -0.05) is 60.7 Å². The number of carbonyl (C=O) groups excluding carboxylic acids is 1. The summed E-state index contributed by atoms with van der Waals surface area (Å²) in [6, 6.07) is 14.9. The fourth-order valence-electron chi connectivity index (χ4n) is 1.73. The Morgan fingerprint density at radius 3 is 1.79 bits per heavy atom. The molecule has 0 heterocycles. The summed E-state index contributed by atoms with van der Waals surface area (Å²) < 4.78 is 64.3. The Balaban J connectivity index is 2.45. The molecule has 0 aliphatic heterocycles. The van der Waals surface area contributed by atoms with Crippen molar-refractivity contribution in [1.82, 2.24) is 0 Å². The number of carbonyl (C=O) groups is 1. The molecule has 0 unspecified atom stereocenters. The first-order valence-corrected chi connectivity index (χ1v) is 7.99. The maximum absolute atomic E-state index is 12.5. The van der Waals surface area contributed by atoms with Gasteiger partial charge < -0.3 is 4.18 Å². The number of halogens is 3. The smallest absolute Gasteiger partial charge is 0.375 e. The minimum Gasteiger partial charge on any atom is -0.375 e. The summed E-state index contributed by atoms with van der Waals surface area (Å²) >= 11 is 0. The number of allylic oxidation sites excluding steroid dienone is 1. The highest BCUT2D eigenvalue weighted by molar-refractivity contribution is 7.87. The largest absolute Gasteiger partial charge is 0.534 e. The van der Waals surface area contributed by atoms with Crippen LogP contribution >= 0.6 is 0 Å². The molecule has 0 saturated carbocycles. The van der Waals surface area contributed by atoms with Gasteiger partial charge in [0.15, 0.2) is 11.5 Å². The third-order valence-electron chi connectivity index (χ3n) is 2.86. The molecule has 0 radical (unpaired) electrons. The Kier molecular flexibility index (Phi) is 5.08. The lowest BCUT2D eigenvalue weighted by Gasteiger charge is -2.12. The summed E-state index contributed by atoms with van der Waals surface area (Å²) in [7, 11) is -5.89. The molecular formula is C16H11F3O4S. The van der Waals surface area contributed by atoms with Crippen LogP contribution in [0.1, 0.15) is 15.9 Å². The minimum absolute atomic E-state index is 0.0228. The maximum Gasteiger partial charge on any atom is 0.534 e. The minimum atomic E-state index is -5.89. The predicted molar refractivity (Wildman–Crippen MR) is 81.3 cm³/mol. The van der Waals surface area contributed by atoms with Crippen molar-refractivity contribution in [2.24, 2.45) is 0 Å². The number of benzene rings is 2.